The van der Waals surface area contributed by atoms with Crippen LogP contribution in [0.5, 0.6) is 5.75 Å². The number of carbonyl (C=O) groups excluding carboxylic acids is 3. The minimum atomic E-state index is -0.737. The average Bonchev–Trinajstić information content (AvgIpc) is 2.92. The molecule has 3 amide bonds. The number of rotatable bonds is 7. The molecular formula is C28H38N4O4. The van der Waals surface area contributed by atoms with E-state index < -0.39 is 11.9 Å². The van der Waals surface area contributed by atoms with Gasteiger partial charge in [0.15, 0.2) is 0 Å². The maximum Gasteiger partial charge on any atom is 0.253 e. The number of methoxy groups -OCH3 is 1. The number of aryl methyl sites for hydroxylation is 1. The standard InChI is InChI=1S/C19H28N2O2.C9H10N2O2/c1-15-14-16(8-9-18(15)23-2)19(22)21-12-10-20(11-13-21)17-6-4-3-5-7-17;10-9(13)8(11-6-12)7-4-2-1-3-5-7/h8-9,14,17H,3-7,10-13H2,1-2H3;1-6,8H,(H2,10,13)(H,11,12). The van der Waals surface area contributed by atoms with Crippen LogP contribution in [0.4, 0.5) is 0 Å². The summed E-state index contributed by atoms with van der Waals surface area (Å²) in [6.07, 6.45) is 7.27. The lowest BCUT2D eigenvalue weighted by Crippen LogP contribution is -2.52. The van der Waals surface area contributed by atoms with Crippen LogP contribution in [0.15, 0.2) is 48.5 Å². The van der Waals surface area contributed by atoms with Crippen LogP contribution >= 0.6 is 0 Å². The molecule has 0 spiro atoms. The Labute approximate surface area is 213 Å². The Bertz CT molecular complexity index is 1000. The molecule has 0 aromatic heterocycles. The van der Waals surface area contributed by atoms with E-state index in [9.17, 15) is 14.4 Å². The van der Waals surface area contributed by atoms with E-state index in [1.165, 1.54) is 32.1 Å². The SMILES string of the molecule is COc1ccc(C(=O)N2CCN(C3CCCCC3)CC2)cc1C.NC(=O)C(NC=O)c1ccccc1. The zero-order chi connectivity index (χ0) is 25.9. The van der Waals surface area contributed by atoms with Crippen molar-refractivity contribution in [3.8, 4) is 5.75 Å². The fraction of sp³-hybridized carbons (Fsp3) is 0.464. The van der Waals surface area contributed by atoms with E-state index in [-0.39, 0.29) is 5.91 Å². The van der Waals surface area contributed by atoms with E-state index in [2.05, 4.69) is 10.2 Å². The predicted octanol–water partition coefficient (Wildman–Crippen LogP) is 3.05. The molecule has 3 N–H and O–H groups in total. The molecule has 8 nitrogen and oxygen atoms in total. The molecule has 4 rings (SSSR count). The number of nitrogens with zero attached hydrogens (tertiary/aromatic N) is 2. The molecular weight excluding hydrogens is 456 g/mol. The van der Waals surface area contributed by atoms with Crippen molar-refractivity contribution in [2.45, 2.75) is 51.1 Å². The first-order chi connectivity index (χ1) is 17.4. The summed E-state index contributed by atoms with van der Waals surface area (Å²) in [6, 6.07) is 14.6. The number of amides is 3. The molecule has 194 valence electrons. The second-order valence-electron chi connectivity index (χ2n) is 9.33. The largest absolute Gasteiger partial charge is 0.496 e. The molecule has 36 heavy (non-hydrogen) atoms. The molecule has 1 atom stereocenters. The summed E-state index contributed by atoms with van der Waals surface area (Å²) < 4.78 is 5.27. The smallest absolute Gasteiger partial charge is 0.253 e. The van der Waals surface area contributed by atoms with Crippen molar-refractivity contribution in [2.24, 2.45) is 5.73 Å². The number of nitrogens with one attached hydrogen (secondary N) is 1. The third kappa shape index (κ3) is 7.31. The molecule has 2 aromatic carbocycles. The van der Waals surface area contributed by atoms with E-state index >= 15 is 0 Å². The number of ether oxygens (including phenoxy) is 1. The fourth-order valence-electron chi connectivity index (χ4n) is 4.99. The third-order valence-corrected chi connectivity index (χ3v) is 6.99. The number of hydrogen-bond donors (Lipinski definition) is 2. The Morgan fingerprint density at radius 2 is 1.69 bits per heavy atom. The number of carbonyl (C=O) groups is 3. The summed E-state index contributed by atoms with van der Waals surface area (Å²) >= 11 is 0. The molecule has 1 aliphatic heterocycles. The number of primary amides is 1. The second kappa shape index (κ2) is 13.6. The van der Waals surface area contributed by atoms with Gasteiger partial charge in [-0.15, -0.1) is 0 Å². The lowest BCUT2D eigenvalue weighted by Gasteiger charge is -2.40. The van der Waals surface area contributed by atoms with Crippen LogP contribution in [0, 0.1) is 6.92 Å². The first-order valence-corrected chi connectivity index (χ1v) is 12.7. The van der Waals surface area contributed by atoms with Gasteiger partial charge >= 0.3 is 0 Å². The highest BCUT2D eigenvalue weighted by Gasteiger charge is 2.27. The van der Waals surface area contributed by atoms with Crippen molar-refractivity contribution in [3.05, 3.63) is 65.2 Å². The quantitative estimate of drug-likeness (QED) is 0.576. The van der Waals surface area contributed by atoms with E-state index in [1.54, 1.807) is 31.4 Å². The summed E-state index contributed by atoms with van der Waals surface area (Å²) in [6.45, 7) is 5.72. The Hall–Kier alpha value is -3.39. The topological polar surface area (TPSA) is 105 Å². The Morgan fingerprint density at radius 1 is 1.03 bits per heavy atom. The summed E-state index contributed by atoms with van der Waals surface area (Å²) in [5, 5.41) is 2.34. The molecule has 8 heteroatoms. The average molecular weight is 495 g/mol. The molecule has 0 bridgehead atoms. The zero-order valence-electron chi connectivity index (χ0n) is 21.3. The first kappa shape index (κ1) is 27.2. The lowest BCUT2D eigenvalue weighted by atomic mass is 9.94. The van der Waals surface area contributed by atoms with E-state index in [0.717, 1.165) is 49.1 Å². The van der Waals surface area contributed by atoms with Crippen molar-refractivity contribution >= 4 is 18.2 Å². The number of hydrogen-bond acceptors (Lipinski definition) is 5. The van der Waals surface area contributed by atoms with Crippen molar-refractivity contribution in [1.29, 1.82) is 0 Å². The molecule has 1 saturated carbocycles. The molecule has 1 saturated heterocycles. The van der Waals surface area contributed by atoms with Crippen molar-refractivity contribution in [1.82, 2.24) is 15.1 Å². The lowest BCUT2D eigenvalue weighted by molar-refractivity contribution is -0.122. The Morgan fingerprint density at radius 3 is 2.25 bits per heavy atom. The predicted molar refractivity (Wildman–Crippen MR) is 140 cm³/mol. The monoisotopic (exact) mass is 494 g/mol. The van der Waals surface area contributed by atoms with Crippen LogP contribution in [0.3, 0.4) is 0 Å². The van der Waals surface area contributed by atoms with Gasteiger partial charge in [0, 0.05) is 37.8 Å². The van der Waals surface area contributed by atoms with E-state index in [0.29, 0.717) is 12.0 Å². The van der Waals surface area contributed by atoms with Gasteiger partial charge in [-0.1, -0.05) is 49.6 Å². The summed E-state index contributed by atoms with van der Waals surface area (Å²) in [5.41, 5.74) is 7.56. The van der Waals surface area contributed by atoms with Gasteiger partial charge < -0.3 is 20.7 Å². The van der Waals surface area contributed by atoms with Crippen molar-refractivity contribution in [2.75, 3.05) is 33.3 Å². The molecule has 2 aliphatic rings. The highest BCUT2D eigenvalue weighted by molar-refractivity contribution is 5.94. The Kier molecular flexibility index (Phi) is 10.3. The van der Waals surface area contributed by atoms with E-state index in [4.69, 9.17) is 10.5 Å². The first-order valence-electron chi connectivity index (χ1n) is 12.7. The van der Waals surface area contributed by atoms with Crippen LogP contribution in [-0.4, -0.2) is 67.4 Å². The molecule has 0 radical (unpaired) electrons. The van der Waals surface area contributed by atoms with Crippen LogP contribution in [-0.2, 0) is 9.59 Å². The van der Waals surface area contributed by atoms with Crippen molar-refractivity contribution in [3.63, 3.8) is 0 Å². The highest BCUT2D eigenvalue weighted by Crippen LogP contribution is 2.24. The minimum absolute atomic E-state index is 0.152. The maximum atomic E-state index is 12.7. The maximum absolute atomic E-state index is 12.7. The summed E-state index contributed by atoms with van der Waals surface area (Å²) in [7, 11) is 1.66. The molecule has 1 aliphatic carbocycles. The van der Waals surface area contributed by atoms with Gasteiger partial charge in [-0.2, -0.15) is 0 Å². The van der Waals surface area contributed by atoms with Gasteiger partial charge in [0.2, 0.25) is 12.3 Å². The van der Waals surface area contributed by atoms with Crippen LogP contribution < -0.4 is 15.8 Å². The second-order valence-corrected chi connectivity index (χ2v) is 9.33. The van der Waals surface area contributed by atoms with Crippen LogP contribution in [0.1, 0.15) is 59.6 Å². The summed E-state index contributed by atoms with van der Waals surface area (Å²) in [4.78, 5) is 38.4. The number of piperazine rings is 1. The molecule has 1 unspecified atom stereocenters. The van der Waals surface area contributed by atoms with Crippen LogP contribution in [0.2, 0.25) is 0 Å². The fourth-order valence-corrected chi connectivity index (χ4v) is 4.99. The Balaban J connectivity index is 0.000000236. The van der Waals surface area contributed by atoms with E-state index in [1.807, 2.05) is 36.1 Å². The van der Waals surface area contributed by atoms with Gasteiger partial charge in [-0.25, -0.2) is 0 Å². The molecule has 1 heterocycles. The van der Waals surface area contributed by atoms with Crippen LogP contribution in [0.25, 0.3) is 0 Å². The highest BCUT2D eigenvalue weighted by atomic mass is 16.5. The minimum Gasteiger partial charge on any atom is -0.496 e. The zero-order valence-corrected chi connectivity index (χ0v) is 21.3. The number of nitrogens with two attached hydrogens (primary N) is 1. The third-order valence-electron chi connectivity index (χ3n) is 6.99. The number of benzene rings is 2. The molecule has 2 fully saturated rings. The van der Waals surface area contributed by atoms with Gasteiger partial charge in [0.05, 0.1) is 7.11 Å². The van der Waals surface area contributed by atoms with Gasteiger partial charge in [-0.3, -0.25) is 19.3 Å². The van der Waals surface area contributed by atoms with Gasteiger partial charge in [0.1, 0.15) is 11.8 Å². The van der Waals surface area contributed by atoms with Gasteiger partial charge in [-0.05, 0) is 49.1 Å². The van der Waals surface area contributed by atoms with Gasteiger partial charge in [0.25, 0.3) is 5.91 Å². The van der Waals surface area contributed by atoms with Crippen molar-refractivity contribution < 1.29 is 19.1 Å². The molecule has 2 aromatic rings. The summed E-state index contributed by atoms with van der Waals surface area (Å²) in [5.74, 6) is 0.418. The normalized spacial score (nSPS) is 17.3.